The van der Waals surface area contributed by atoms with E-state index in [1.165, 1.54) is 25.3 Å². The molecular formula is C16H25N3O. The average molecular weight is 275 g/mol. The highest BCUT2D eigenvalue weighted by Crippen LogP contribution is 2.18. The summed E-state index contributed by atoms with van der Waals surface area (Å²) >= 11 is 0. The van der Waals surface area contributed by atoms with Crippen molar-refractivity contribution in [3.8, 4) is 0 Å². The predicted octanol–water partition coefficient (Wildman–Crippen LogP) is 2.30. The molecule has 1 aliphatic rings. The van der Waals surface area contributed by atoms with Crippen LogP contribution in [0, 0.1) is 5.92 Å². The van der Waals surface area contributed by atoms with Crippen molar-refractivity contribution in [2.75, 3.05) is 25.0 Å². The number of amides is 1. The van der Waals surface area contributed by atoms with E-state index in [0.717, 1.165) is 31.2 Å². The zero-order valence-corrected chi connectivity index (χ0v) is 12.4. The molecule has 1 amide bonds. The van der Waals surface area contributed by atoms with Crippen molar-refractivity contribution in [1.29, 1.82) is 0 Å². The molecule has 0 radical (unpaired) electrons. The van der Waals surface area contributed by atoms with E-state index in [-0.39, 0.29) is 5.91 Å². The lowest BCUT2D eigenvalue weighted by molar-refractivity contribution is -0.114. The van der Waals surface area contributed by atoms with Crippen molar-refractivity contribution < 1.29 is 4.79 Å². The fourth-order valence-electron chi connectivity index (χ4n) is 2.64. The summed E-state index contributed by atoms with van der Waals surface area (Å²) in [5.41, 5.74) is 2.08. The van der Waals surface area contributed by atoms with E-state index < -0.39 is 0 Å². The van der Waals surface area contributed by atoms with Crippen molar-refractivity contribution in [3.05, 3.63) is 29.8 Å². The van der Waals surface area contributed by atoms with Crippen LogP contribution in [0.5, 0.6) is 0 Å². The van der Waals surface area contributed by atoms with Crippen LogP contribution >= 0.6 is 0 Å². The topological polar surface area (TPSA) is 53.2 Å². The highest BCUT2D eigenvalue weighted by Gasteiger charge is 2.14. The normalized spacial score (nSPS) is 17.7. The minimum Gasteiger partial charge on any atom is -0.326 e. The predicted molar refractivity (Wildman–Crippen MR) is 82.8 cm³/mol. The number of piperidine rings is 1. The number of rotatable bonds is 5. The Morgan fingerprint density at radius 1 is 1.40 bits per heavy atom. The first kappa shape index (κ1) is 15.0. The van der Waals surface area contributed by atoms with Crippen LogP contribution in [0.1, 0.15) is 38.3 Å². The van der Waals surface area contributed by atoms with Crippen molar-refractivity contribution in [2.45, 2.75) is 32.7 Å². The van der Waals surface area contributed by atoms with Crippen molar-refractivity contribution in [3.63, 3.8) is 0 Å². The first-order valence-electron chi connectivity index (χ1n) is 7.47. The standard InChI is InChI=1S/C16H25N3O/c1-12(18-11-14-6-8-17-9-7-14)15-4-3-5-16(10-15)19-13(2)20/h3-5,10,12,14,17-18H,6-9,11H2,1-2H3,(H,19,20). The fraction of sp³-hybridized carbons (Fsp3) is 0.562. The number of carbonyl (C=O) groups excluding carboxylic acids is 1. The summed E-state index contributed by atoms with van der Waals surface area (Å²) in [6, 6.07) is 8.36. The van der Waals surface area contributed by atoms with E-state index >= 15 is 0 Å². The van der Waals surface area contributed by atoms with Crippen molar-refractivity contribution >= 4 is 11.6 Å². The van der Waals surface area contributed by atoms with Crippen LogP contribution in [0.3, 0.4) is 0 Å². The Labute approximate surface area is 121 Å². The molecule has 1 fully saturated rings. The number of carbonyl (C=O) groups is 1. The molecule has 1 aromatic rings. The van der Waals surface area contributed by atoms with Gasteiger partial charge in [0.25, 0.3) is 0 Å². The van der Waals surface area contributed by atoms with E-state index in [2.05, 4.69) is 28.9 Å². The number of nitrogens with one attached hydrogen (secondary N) is 3. The molecule has 1 saturated heterocycles. The second kappa shape index (κ2) is 7.41. The van der Waals surface area contributed by atoms with Gasteiger partial charge in [-0.05, 0) is 63.0 Å². The lowest BCUT2D eigenvalue weighted by atomic mass is 9.97. The van der Waals surface area contributed by atoms with E-state index in [9.17, 15) is 4.79 Å². The molecule has 1 aromatic carbocycles. The van der Waals surface area contributed by atoms with Gasteiger partial charge in [-0.3, -0.25) is 4.79 Å². The molecule has 0 aromatic heterocycles. The Bertz CT molecular complexity index is 441. The van der Waals surface area contributed by atoms with Crippen molar-refractivity contribution in [1.82, 2.24) is 10.6 Å². The highest BCUT2D eigenvalue weighted by atomic mass is 16.1. The van der Waals surface area contributed by atoms with Gasteiger partial charge in [0, 0.05) is 18.7 Å². The molecule has 3 N–H and O–H groups in total. The van der Waals surface area contributed by atoms with Gasteiger partial charge in [0.1, 0.15) is 0 Å². The molecule has 0 aliphatic carbocycles. The monoisotopic (exact) mass is 275 g/mol. The Morgan fingerprint density at radius 2 is 2.15 bits per heavy atom. The van der Waals surface area contributed by atoms with Gasteiger partial charge >= 0.3 is 0 Å². The first-order chi connectivity index (χ1) is 9.65. The molecule has 110 valence electrons. The SMILES string of the molecule is CC(=O)Nc1cccc(C(C)NCC2CCNCC2)c1. The van der Waals surface area contributed by atoms with Gasteiger partial charge in [-0.25, -0.2) is 0 Å². The molecule has 4 heteroatoms. The van der Waals surface area contributed by atoms with Crippen LogP contribution in [0.4, 0.5) is 5.69 Å². The number of anilines is 1. The zero-order chi connectivity index (χ0) is 14.4. The number of benzene rings is 1. The summed E-state index contributed by atoms with van der Waals surface area (Å²) in [4.78, 5) is 11.1. The van der Waals surface area contributed by atoms with Crippen LogP contribution in [-0.4, -0.2) is 25.5 Å². The summed E-state index contributed by atoms with van der Waals surface area (Å²) in [6.45, 7) is 7.05. The van der Waals surface area contributed by atoms with Crippen LogP contribution < -0.4 is 16.0 Å². The molecule has 4 nitrogen and oxygen atoms in total. The Hall–Kier alpha value is -1.39. The van der Waals surface area contributed by atoms with E-state index in [0.29, 0.717) is 6.04 Å². The molecule has 0 bridgehead atoms. The van der Waals surface area contributed by atoms with Crippen LogP contribution in [-0.2, 0) is 4.79 Å². The first-order valence-corrected chi connectivity index (χ1v) is 7.47. The van der Waals surface area contributed by atoms with E-state index in [4.69, 9.17) is 0 Å². The van der Waals surface area contributed by atoms with Gasteiger partial charge in [-0.15, -0.1) is 0 Å². The smallest absolute Gasteiger partial charge is 0.221 e. The van der Waals surface area contributed by atoms with Gasteiger partial charge in [0.2, 0.25) is 5.91 Å². The maximum Gasteiger partial charge on any atom is 0.221 e. The van der Waals surface area contributed by atoms with Gasteiger partial charge in [0.05, 0.1) is 0 Å². The largest absolute Gasteiger partial charge is 0.326 e. The van der Waals surface area contributed by atoms with Crippen molar-refractivity contribution in [2.24, 2.45) is 5.92 Å². The second-order valence-corrected chi connectivity index (χ2v) is 5.63. The van der Waals surface area contributed by atoms with E-state index in [1.54, 1.807) is 0 Å². The molecule has 1 unspecified atom stereocenters. The molecule has 1 atom stereocenters. The highest BCUT2D eigenvalue weighted by molar-refractivity contribution is 5.88. The lowest BCUT2D eigenvalue weighted by Crippen LogP contribution is -2.34. The molecule has 0 saturated carbocycles. The summed E-state index contributed by atoms with van der Waals surface area (Å²) in [5, 5.41) is 9.83. The summed E-state index contributed by atoms with van der Waals surface area (Å²) < 4.78 is 0. The van der Waals surface area contributed by atoms with Crippen LogP contribution in [0.15, 0.2) is 24.3 Å². The van der Waals surface area contributed by atoms with Crippen LogP contribution in [0.25, 0.3) is 0 Å². The number of hydrogen-bond acceptors (Lipinski definition) is 3. The summed E-state index contributed by atoms with van der Waals surface area (Å²) in [6.07, 6.45) is 2.51. The average Bonchev–Trinajstić information content (AvgIpc) is 2.45. The maximum atomic E-state index is 11.1. The maximum absolute atomic E-state index is 11.1. The molecule has 2 rings (SSSR count). The summed E-state index contributed by atoms with van der Waals surface area (Å²) in [5.74, 6) is 0.745. The Morgan fingerprint density at radius 3 is 2.85 bits per heavy atom. The van der Waals surface area contributed by atoms with Gasteiger partial charge in [0.15, 0.2) is 0 Å². The molecule has 20 heavy (non-hydrogen) atoms. The van der Waals surface area contributed by atoms with Gasteiger partial charge in [-0.2, -0.15) is 0 Å². The fourth-order valence-corrected chi connectivity index (χ4v) is 2.64. The lowest BCUT2D eigenvalue weighted by Gasteiger charge is -2.25. The third-order valence-corrected chi connectivity index (χ3v) is 3.88. The zero-order valence-electron chi connectivity index (χ0n) is 12.4. The number of hydrogen-bond donors (Lipinski definition) is 3. The summed E-state index contributed by atoms with van der Waals surface area (Å²) in [7, 11) is 0. The third-order valence-electron chi connectivity index (χ3n) is 3.88. The quantitative estimate of drug-likeness (QED) is 0.773. The molecule has 1 heterocycles. The van der Waals surface area contributed by atoms with Gasteiger partial charge in [-0.1, -0.05) is 12.1 Å². The molecule has 1 aliphatic heterocycles. The van der Waals surface area contributed by atoms with Crippen LogP contribution in [0.2, 0.25) is 0 Å². The molecular weight excluding hydrogens is 250 g/mol. The minimum atomic E-state index is -0.0301. The van der Waals surface area contributed by atoms with E-state index in [1.807, 2.05) is 18.2 Å². The minimum absolute atomic E-state index is 0.0301. The van der Waals surface area contributed by atoms with Gasteiger partial charge < -0.3 is 16.0 Å². The molecule has 0 spiro atoms. The second-order valence-electron chi connectivity index (χ2n) is 5.63. The Balaban J connectivity index is 1.87. The Kier molecular flexibility index (Phi) is 5.56. The third kappa shape index (κ3) is 4.62.